The maximum Gasteiger partial charge on any atom is 0.437 e. The fraction of sp³-hybridized carbons (Fsp3) is 0.435. The van der Waals surface area contributed by atoms with Crippen LogP contribution in [-0.4, -0.2) is 44.8 Å². The lowest BCUT2D eigenvalue weighted by Crippen LogP contribution is -2.28. The Kier molecular flexibility index (Phi) is 10.7. The molecule has 34 heavy (non-hydrogen) atoms. The number of hydrogen-bond acceptors (Lipinski definition) is 7. The Balaban J connectivity index is 1.86. The van der Waals surface area contributed by atoms with Gasteiger partial charge < -0.3 is 4.74 Å². The van der Waals surface area contributed by atoms with Crippen molar-refractivity contribution in [2.24, 2.45) is 0 Å². The van der Waals surface area contributed by atoms with E-state index in [0.29, 0.717) is 30.8 Å². The van der Waals surface area contributed by atoms with E-state index in [1.54, 1.807) is 52.0 Å². The van der Waals surface area contributed by atoms with Crippen molar-refractivity contribution >= 4 is 24.2 Å². The number of para-hydroxylation sites is 1. The van der Waals surface area contributed by atoms with Gasteiger partial charge in [-0.25, -0.2) is 17.7 Å². The van der Waals surface area contributed by atoms with Crippen molar-refractivity contribution in [1.29, 1.82) is 0 Å². The van der Waals surface area contributed by atoms with E-state index in [-0.39, 0.29) is 18.0 Å². The first-order valence-electron chi connectivity index (χ1n) is 11.1. The van der Waals surface area contributed by atoms with Crippen molar-refractivity contribution in [1.82, 2.24) is 9.39 Å². The summed E-state index contributed by atoms with van der Waals surface area (Å²) in [6.07, 6.45) is 0.459. The number of ether oxygens (including phenoxy) is 1. The summed E-state index contributed by atoms with van der Waals surface area (Å²) < 4.78 is 58.2. The molecule has 1 N–H and O–H groups in total. The van der Waals surface area contributed by atoms with Gasteiger partial charge in [-0.3, -0.25) is 18.5 Å². The highest BCUT2D eigenvalue weighted by Crippen LogP contribution is 2.53. The number of carbonyl (C=O) groups is 1. The maximum absolute atomic E-state index is 13.0. The molecule has 2 aromatic rings. The van der Waals surface area contributed by atoms with Gasteiger partial charge >= 0.3 is 7.75 Å². The number of carbonyl (C=O) groups excluding carboxylic acids is 1. The molecule has 0 aliphatic carbocycles. The van der Waals surface area contributed by atoms with Crippen LogP contribution in [0.25, 0.3) is 0 Å². The maximum atomic E-state index is 13.0. The third-order valence-corrected chi connectivity index (χ3v) is 8.12. The first-order chi connectivity index (χ1) is 16.1. The van der Waals surface area contributed by atoms with E-state index in [1.165, 1.54) is 12.1 Å². The molecule has 0 fully saturated rings. The largest absolute Gasteiger partial charge is 0.457 e. The van der Waals surface area contributed by atoms with E-state index < -0.39 is 30.0 Å². The molecular formula is C23H33N2O7PS. The molecule has 1 amide bonds. The lowest BCUT2D eigenvalue weighted by molar-refractivity contribution is -0.115. The summed E-state index contributed by atoms with van der Waals surface area (Å²) in [4.78, 5) is 11.7. The molecule has 0 unspecified atom stereocenters. The van der Waals surface area contributed by atoms with Crippen LogP contribution in [0.4, 0.5) is 0 Å². The number of rotatable bonds is 15. The van der Waals surface area contributed by atoms with Gasteiger partial charge in [0.2, 0.25) is 16.4 Å². The average molecular weight is 513 g/mol. The summed E-state index contributed by atoms with van der Waals surface area (Å²) in [5.74, 6) is 1.18. The molecule has 0 radical (unpaired) electrons. The lowest BCUT2D eigenvalue weighted by atomic mass is 10.3. The third kappa shape index (κ3) is 8.85. The predicted molar refractivity (Wildman–Crippen MR) is 130 cm³/mol. The van der Waals surface area contributed by atoms with Crippen LogP contribution in [0.2, 0.25) is 0 Å². The second-order valence-corrected chi connectivity index (χ2v) is 11.7. The third-order valence-electron chi connectivity index (χ3n) is 4.34. The molecule has 0 aromatic heterocycles. The Morgan fingerprint density at radius 1 is 0.912 bits per heavy atom. The van der Waals surface area contributed by atoms with Crippen molar-refractivity contribution in [3.63, 3.8) is 0 Å². The summed E-state index contributed by atoms with van der Waals surface area (Å²) in [5.41, 5.74) is 0. The van der Waals surface area contributed by atoms with Crippen molar-refractivity contribution in [2.75, 3.05) is 13.1 Å². The predicted octanol–water partition coefficient (Wildman–Crippen LogP) is 4.95. The van der Waals surface area contributed by atoms with Gasteiger partial charge in [0.15, 0.2) is 0 Å². The minimum absolute atomic E-state index is 0.105. The Morgan fingerprint density at radius 2 is 1.47 bits per heavy atom. The molecule has 9 nitrogen and oxygen atoms in total. The van der Waals surface area contributed by atoms with Crippen LogP contribution >= 0.6 is 7.75 Å². The molecule has 2 aromatic carbocycles. The zero-order valence-electron chi connectivity index (χ0n) is 19.9. The number of benzene rings is 2. The van der Waals surface area contributed by atoms with Crippen LogP contribution in [-0.2, 0) is 28.4 Å². The highest BCUT2D eigenvalue weighted by Gasteiger charge is 2.35. The summed E-state index contributed by atoms with van der Waals surface area (Å²) >= 11 is 0. The van der Waals surface area contributed by atoms with Crippen LogP contribution in [0.3, 0.4) is 0 Å². The van der Waals surface area contributed by atoms with Gasteiger partial charge in [0.05, 0.1) is 17.1 Å². The van der Waals surface area contributed by atoms with Crippen LogP contribution in [0, 0.1) is 0 Å². The van der Waals surface area contributed by atoms with Gasteiger partial charge in [-0.15, -0.1) is 0 Å². The molecular weight excluding hydrogens is 479 g/mol. The highest BCUT2D eigenvalue weighted by atomic mass is 32.2. The number of hydrogen-bond donors (Lipinski definition) is 1. The monoisotopic (exact) mass is 512 g/mol. The van der Waals surface area contributed by atoms with E-state index in [1.807, 2.05) is 18.2 Å². The molecule has 0 bridgehead atoms. The quantitative estimate of drug-likeness (QED) is 0.204. The number of nitrogens with zero attached hydrogens (tertiary/aromatic N) is 1. The molecule has 11 heteroatoms. The second kappa shape index (κ2) is 13.0. The first-order valence-corrected chi connectivity index (χ1v) is 14.1. The normalized spacial score (nSPS) is 12.2. The number of unbranched alkanes of at least 4 members (excludes halogenated alkanes) is 1. The van der Waals surface area contributed by atoms with Gasteiger partial charge in [-0.05, 0) is 76.9 Å². The minimum atomic E-state index is -3.79. The molecule has 0 aliphatic heterocycles. The Bertz CT molecular complexity index is 1030. The van der Waals surface area contributed by atoms with Crippen molar-refractivity contribution in [3.05, 3.63) is 54.6 Å². The van der Waals surface area contributed by atoms with Crippen molar-refractivity contribution in [3.8, 4) is 11.5 Å². The summed E-state index contributed by atoms with van der Waals surface area (Å²) in [6.45, 7) is 7.07. The smallest absolute Gasteiger partial charge is 0.437 e. The number of amides is 1. The Labute approximate surface area is 202 Å². The van der Waals surface area contributed by atoms with Crippen LogP contribution in [0.15, 0.2) is 59.5 Å². The molecule has 0 spiro atoms. The fourth-order valence-electron chi connectivity index (χ4n) is 2.91. The van der Waals surface area contributed by atoms with E-state index >= 15 is 0 Å². The number of sulfonamides is 1. The summed E-state index contributed by atoms with van der Waals surface area (Å²) in [7, 11) is -7.50. The number of nitrogens with one attached hydrogen (secondary N) is 1. The standard InChI is InChI=1S/C23H33N2O7PS/c1-19(2)31-33(27,32-20(3)4)25(18-26)17-9-8-16-24-34(28,29)23-14-12-22(13-15-23)30-21-10-6-5-7-11-21/h5-7,10-15,18-20,24H,8-9,16-17H2,1-4H3. The highest BCUT2D eigenvalue weighted by molar-refractivity contribution is 7.89. The minimum Gasteiger partial charge on any atom is -0.457 e. The zero-order chi connectivity index (χ0) is 25.2. The lowest BCUT2D eigenvalue weighted by Gasteiger charge is -2.29. The summed E-state index contributed by atoms with van der Waals surface area (Å²) in [5, 5.41) is 0. The first kappa shape index (κ1) is 28.0. The Morgan fingerprint density at radius 3 is 2.00 bits per heavy atom. The van der Waals surface area contributed by atoms with Crippen LogP contribution in [0.1, 0.15) is 40.5 Å². The van der Waals surface area contributed by atoms with Gasteiger partial charge in [0.25, 0.3) is 0 Å². The van der Waals surface area contributed by atoms with Gasteiger partial charge in [-0.2, -0.15) is 0 Å². The molecule has 0 saturated heterocycles. The fourth-order valence-corrected chi connectivity index (χ4v) is 5.85. The van der Waals surface area contributed by atoms with Crippen LogP contribution in [0.5, 0.6) is 11.5 Å². The molecule has 0 saturated carbocycles. The molecule has 2 rings (SSSR count). The molecule has 0 atom stereocenters. The van der Waals surface area contributed by atoms with Gasteiger partial charge in [-0.1, -0.05) is 18.2 Å². The topological polar surface area (TPSA) is 111 Å². The molecule has 188 valence electrons. The average Bonchev–Trinajstić information content (AvgIpc) is 2.76. The molecule has 0 aliphatic rings. The van der Waals surface area contributed by atoms with Crippen molar-refractivity contribution < 1.29 is 31.6 Å². The van der Waals surface area contributed by atoms with Gasteiger partial charge in [0.1, 0.15) is 11.5 Å². The SMILES string of the molecule is CC(C)OP(=O)(OC(C)C)N(C=O)CCCCNS(=O)(=O)c1ccc(Oc2ccccc2)cc1. The molecule has 0 heterocycles. The van der Waals surface area contributed by atoms with Crippen LogP contribution < -0.4 is 9.46 Å². The second-order valence-electron chi connectivity index (χ2n) is 8.04. The van der Waals surface area contributed by atoms with E-state index in [2.05, 4.69) is 4.72 Å². The van der Waals surface area contributed by atoms with E-state index in [0.717, 1.165) is 4.67 Å². The van der Waals surface area contributed by atoms with E-state index in [4.69, 9.17) is 13.8 Å². The van der Waals surface area contributed by atoms with Crippen molar-refractivity contribution in [2.45, 2.75) is 57.6 Å². The van der Waals surface area contributed by atoms with Gasteiger partial charge in [0, 0.05) is 13.1 Å². The Hall–Kier alpha value is -2.23. The summed E-state index contributed by atoms with van der Waals surface area (Å²) in [6, 6.07) is 15.3. The van der Waals surface area contributed by atoms with E-state index in [9.17, 15) is 17.8 Å². The zero-order valence-corrected chi connectivity index (χ0v) is 21.6.